The summed E-state index contributed by atoms with van der Waals surface area (Å²) >= 11 is 0. The van der Waals surface area contributed by atoms with Crippen LogP contribution < -0.4 is 15.2 Å². The molecule has 3 heteroatoms. The van der Waals surface area contributed by atoms with Gasteiger partial charge >= 0.3 is 0 Å². The number of ether oxygens (including phenoxy) is 2. The summed E-state index contributed by atoms with van der Waals surface area (Å²) in [7, 11) is 1.63. The SMILES string of the molecule is COc1ccc(OCc2cccc(C)c2)c(C#CCN)c1. The van der Waals surface area contributed by atoms with Gasteiger partial charge in [0.05, 0.1) is 19.2 Å². The van der Waals surface area contributed by atoms with E-state index in [-0.39, 0.29) is 0 Å². The molecule has 0 aromatic heterocycles. The van der Waals surface area contributed by atoms with Gasteiger partial charge in [-0.3, -0.25) is 0 Å². The molecule has 0 heterocycles. The van der Waals surface area contributed by atoms with E-state index in [4.69, 9.17) is 15.2 Å². The molecule has 0 amide bonds. The van der Waals surface area contributed by atoms with Crippen LogP contribution in [0.4, 0.5) is 0 Å². The molecule has 0 saturated carbocycles. The first-order valence-corrected chi connectivity index (χ1v) is 6.78. The van der Waals surface area contributed by atoms with E-state index in [0.717, 1.165) is 22.6 Å². The van der Waals surface area contributed by atoms with Crippen molar-refractivity contribution in [2.24, 2.45) is 5.73 Å². The van der Waals surface area contributed by atoms with Crippen molar-refractivity contribution in [3.8, 4) is 23.3 Å². The molecule has 2 N–H and O–H groups in total. The zero-order valence-corrected chi connectivity index (χ0v) is 12.3. The minimum Gasteiger partial charge on any atom is -0.497 e. The van der Waals surface area contributed by atoms with E-state index in [2.05, 4.69) is 30.9 Å². The molecule has 0 spiro atoms. The molecular weight excluding hydrogens is 262 g/mol. The van der Waals surface area contributed by atoms with Crippen molar-refractivity contribution in [3.63, 3.8) is 0 Å². The summed E-state index contributed by atoms with van der Waals surface area (Å²) in [6.07, 6.45) is 0. The molecule has 2 aromatic rings. The smallest absolute Gasteiger partial charge is 0.135 e. The monoisotopic (exact) mass is 281 g/mol. The van der Waals surface area contributed by atoms with Gasteiger partial charge in [-0.1, -0.05) is 41.7 Å². The molecule has 2 rings (SSSR count). The molecule has 0 bridgehead atoms. The molecule has 0 unspecified atom stereocenters. The van der Waals surface area contributed by atoms with Crippen molar-refractivity contribution >= 4 is 0 Å². The van der Waals surface area contributed by atoms with Crippen molar-refractivity contribution in [1.82, 2.24) is 0 Å². The van der Waals surface area contributed by atoms with Crippen LogP contribution in [0.25, 0.3) is 0 Å². The first-order valence-electron chi connectivity index (χ1n) is 6.78. The van der Waals surface area contributed by atoms with Crippen LogP contribution in [0.5, 0.6) is 11.5 Å². The zero-order valence-electron chi connectivity index (χ0n) is 12.3. The van der Waals surface area contributed by atoms with Crippen molar-refractivity contribution in [3.05, 3.63) is 59.2 Å². The summed E-state index contributed by atoms with van der Waals surface area (Å²) in [5.41, 5.74) is 8.56. The molecule has 0 aliphatic heterocycles. The molecule has 0 radical (unpaired) electrons. The average molecular weight is 281 g/mol. The Hall–Kier alpha value is -2.44. The second-order valence-electron chi connectivity index (χ2n) is 4.65. The van der Waals surface area contributed by atoms with Gasteiger partial charge in [-0.2, -0.15) is 0 Å². The van der Waals surface area contributed by atoms with E-state index >= 15 is 0 Å². The zero-order chi connectivity index (χ0) is 15.1. The molecule has 3 nitrogen and oxygen atoms in total. The topological polar surface area (TPSA) is 44.5 Å². The van der Waals surface area contributed by atoms with E-state index in [1.165, 1.54) is 5.56 Å². The molecule has 0 atom stereocenters. The first-order chi connectivity index (χ1) is 10.2. The fourth-order valence-corrected chi connectivity index (χ4v) is 1.97. The maximum absolute atomic E-state index is 5.88. The largest absolute Gasteiger partial charge is 0.497 e. The van der Waals surface area contributed by atoms with Crippen LogP contribution in [0.1, 0.15) is 16.7 Å². The quantitative estimate of drug-likeness (QED) is 0.876. The Morgan fingerprint density at radius 2 is 2.00 bits per heavy atom. The van der Waals surface area contributed by atoms with Crippen LogP contribution in [0.2, 0.25) is 0 Å². The van der Waals surface area contributed by atoms with Crippen LogP contribution in [-0.4, -0.2) is 13.7 Å². The lowest BCUT2D eigenvalue weighted by molar-refractivity contribution is 0.304. The summed E-state index contributed by atoms with van der Waals surface area (Å²) in [5, 5.41) is 0. The summed E-state index contributed by atoms with van der Waals surface area (Å²) in [4.78, 5) is 0. The number of benzene rings is 2. The second-order valence-corrected chi connectivity index (χ2v) is 4.65. The molecule has 0 aliphatic carbocycles. The van der Waals surface area contributed by atoms with Crippen molar-refractivity contribution in [2.45, 2.75) is 13.5 Å². The van der Waals surface area contributed by atoms with Gasteiger partial charge in [-0.05, 0) is 30.7 Å². The third-order valence-corrected chi connectivity index (χ3v) is 2.99. The van der Waals surface area contributed by atoms with E-state index in [1.54, 1.807) is 7.11 Å². The Balaban J connectivity index is 2.18. The van der Waals surface area contributed by atoms with Crippen LogP contribution >= 0.6 is 0 Å². The summed E-state index contributed by atoms with van der Waals surface area (Å²) < 4.78 is 11.1. The lowest BCUT2D eigenvalue weighted by Crippen LogP contribution is -1.99. The van der Waals surface area contributed by atoms with Crippen LogP contribution in [0, 0.1) is 18.8 Å². The Morgan fingerprint density at radius 1 is 1.14 bits per heavy atom. The normalized spacial score (nSPS) is 9.67. The maximum atomic E-state index is 5.88. The van der Waals surface area contributed by atoms with Gasteiger partial charge in [0, 0.05) is 0 Å². The Morgan fingerprint density at radius 3 is 2.71 bits per heavy atom. The second kappa shape index (κ2) is 7.37. The predicted molar refractivity (Wildman–Crippen MR) is 84.4 cm³/mol. The highest BCUT2D eigenvalue weighted by atomic mass is 16.5. The van der Waals surface area contributed by atoms with Gasteiger partial charge in [0.1, 0.15) is 18.1 Å². The minimum atomic E-state index is 0.314. The van der Waals surface area contributed by atoms with Gasteiger partial charge < -0.3 is 15.2 Å². The number of nitrogens with two attached hydrogens (primary N) is 1. The summed E-state index contributed by atoms with van der Waals surface area (Å²) in [6.45, 7) is 2.88. The van der Waals surface area contributed by atoms with Crippen molar-refractivity contribution in [1.29, 1.82) is 0 Å². The Bertz CT molecular complexity index is 668. The molecular formula is C18H19NO2. The van der Waals surface area contributed by atoms with E-state index < -0.39 is 0 Å². The Labute approximate surface area is 125 Å². The summed E-state index contributed by atoms with van der Waals surface area (Å²) in [5.74, 6) is 7.34. The predicted octanol–water partition coefficient (Wildman–Crippen LogP) is 2.89. The van der Waals surface area contributed by atoms with E-state index in [0.29, 0.717) is 13.2 Å². The number of rotatable bonds is 4. The van der Waals surface area contributed by atoms with Crippen molar-refractivity contribution in [2.75, 3.05) is 13.7 Å². The van der Waals surface area contributed by atoms with Crippen LogP contribution in [0.15, 0.2) is 42.5 Å². The highest BCUT2D eigenvalue weighted by Crippen LogP contribution is 2.24. The molecule has 2 aromatic carbocycles. The van der Waals surface area contributed by atoms with Gasteiger partial charge in [0.15, 0.2) is 0 Å². The number of hydrogen-bond acceptors (Lipinski definition) is 3. The maximum Gasteiger partial charge on any atom is 0.135 e. The van der Waals surface area contributed by atoms with Gasteiger partial charge in [-0.25, -0.2) is 0 Å². The highest BCUT2D eigenvalue weighted by Gasteiger charge is 2.04. The van der Waals surface area contributed by atoms with Crippen molar-refractivity contribution < 1.29 is 9.47 Å². The standard InChI is InChI=1S/C18H19NO2/c1-14-5-3-6-15(11-14)13-21-18-9-8-17(20-2)12-16(18)7-4-10-19/h3,5-6,8-9,11-12H,10,13,19H2,1-2H3. The summed E-state index contributed by atoms with van der Waals surface area (Å²) in [6, 6.07) is 13.8. The molecule has 0 fully saturated rings. The van der Waals surface area contributed by atoms with Gasteiger partial charge in [0.25, 0.3) is 0 Å². The third-order valence-electron chi connectivity index (χ3n) is 2.99. The molecule has 0 saturated heterocycles. The highest BCUT2D eigenvalue weighted by molar-refractivity contribution is 5.50. The minimum absolute atomic E-state index is 0.314. The fourth-order valence-electron chi connectivity index (χ4n) is 1.97. The number of methoxy groups -OCH3 is 1. The average Bonchev–Trinajstić information content (AvgIpc) is 2.51. The van der Waals surface area contributed by atoms with Gasteiger partial charge in [-0.15, -0.1) is 0 Å². The molecule has 108 valence electrons. The lowest BCUT2D eigenvalue weighted by Gasteiger charge is -2.10. The number of aryl methyl sites for hydroxylation is 1. The van der Waals surface area contributed by atoms with Gasteiger partial charge in [0.2, 0.25) is 0 Å². The third kappa shape index (κ3) is 4.27. The molecule has 0 aliphatic rings. The van der Waals surface area contributed by atoms with Crippen LogP contribution in [-0.2, 0) is 6.61 Å². The lowest BCUT2D eigenvalue weighted by atomic mass is 10.1. The first kappa shape index (κ1) is 15.0. The Kier molecular flexibility index (Phi) is 5.25. The van der Waals surface area contributed by atoms with E-state index in [9.17, 15) is 0 Å². The van der Waals surface area contributed by atoms with E-state index in [1.807, 2.05) is 30.3 Å². The fraction of sp³-hybridized carbons (Fsp3) is 0.222. The number of hydrogen-bond donors (Lipinski definition) is 1. The molecule has 21 heavy (non-hydrogen) atoms. The van der Waals surface area contributed by atoms with Crippen LogP contribution in [0.3, 0.4) is 0 Å².